The summed E-state index contributed by atoms with van der Waals surface area (Å²) in [6.07, 6.45) is 0.986. The van der Waals surface area contributed by atoms with Gasteiger partial charge < -0.3 is 25.3 Å². The lowest BCUT2D eigenvalue weighted by molar-refractivity contribution is -0.120. The number of anilines is 1. The van der Waals surface area contributed by atoms with Crippen molar-refractivity contribution in [1.29, 1.82) is 0 Å². The number of rotatable bonds is 8. The molecule has 3 N–H and O–H groups in total. The molecule has 6 nitrogen and oxygen atoms in total. The average molecular weight is 381 g/mol. The minimum absolute atomic E-state index is 0. The summed E-state index contributed by atoms with van der Waals surface area (Å²) >= 11 is 0. The summed E-state index contributed by atoms with van der Waals surface area (Å²) in [5, 5.41) is 2.91. The van der Waals surface area contributed by atoms with Crippen molar-refractivity contribution in [2.24, 2.45) is 0 Å². The molecule has 2 aromatic rings. The second-order valence-electron chi connectivity index (χ2n) is 5.55. The first-order chi connectivity index (χ1) is 12.1. The molecule has 26 heavy (non-hydrogen) atoms. The summed E-state index contributed by atoms with van der Waals surface area (Å²) in [4.78, 5) is 12.2. The highest BCUT2D eigenvalue weighted by Gasteiger charge is 2.14. The molecule has 0 aromatic heterocycles. The second kappa shape index (κ2) is 10.4. The molecule has 7 heteroatoms. The summed E-state index contributed by atoms with van der Waals surface area (Å²) in [7, 11) is 4.64. The normalized spacial score (nSPS) is 9.81. The molecule has 0 aliphatic rings. The summed E-state index contributed by atoms with van der Waals surface area (Å²) in [6, 6.07) is 11.2. The summed E-state index contributed by atoms with van der Waals surface area (Å²) in [6.45, 7) is 0.563. The minimum atomic E-state index is -0.0651. The topological polar surface area (TPSA) is 82.8 Å². The van der Waals surface area contributed by atoms with E-state index < -0.39 is 0 Å². The van der Waals surface area contributed by atoms with Gasteiger partial charge in [0.25, 0.3) is 0 Å². The van der Waals surface area contributed by atoms with Crippen LogP contribution in [0.4, 0.5) is 5.69 Å². The first-order valence-corrected chi connectivity index (χ1v) is 7.97. The van der Waals surface area contributed by atoms with Crippen LogP contribution in [0.25, 0.3) is 0 Å². The summed E-state index contributed by atoms with van der Waals surface area (Å²) in [5.74, 6) is 1.51. The summed E-state index contributed by atoms with van der Waals surface area (Å²) < 4.78 is 15.9. The molecule has 2 aromatic carbocycles. The molecule has 142 valence electrons. The van der Waals surface area contributed by atoms with Crippen LogP contribution in [-0.2, 0) is 17.6 Å². The van der Waals surface area contributed by atoms with E-state index in [1.807, 2.05) is 24.3 Å². The zero-order chi connectivity index (χ0) is 18.2. The van der Waals surface area contributed by atoms with E-state index in [9.17, 15) is 4.79 Å². The monoisotopic (exact) mass is 380 g/mol. The maximum Gasteiger partial charge on any atom is 0.224 e. The lowest BCUT2D eigenvalue weighted by atomic mass is 10.1. The Balaban J connectivity index is 0.00000338. The summed E-state index contributed by atoms with van der Waals surface area (Å²) in [5.41, 5.74) is 8.31. The third-order valence-corrected chi connectivity index (χ3v) is 3.80. The van der Waals surface area contributed by atoms with Crippen molar-refractivity contribution in [1.82, 2.24) is 5.32 Å². The van der Waals surface area contributed by atoms with Crippen molar-refractivity contribution in [2.45, 2.75) is 12.8 Å². The molecule has 0 heterocycles. The van der Waals surface area contributed by atoms with E-state index in [-0.39, 0.29) is 24.7 Å². The van der Waals surface area contributed by atoms with Gasteiger partial charge in [-0.1, -0.05) is 12.1 Å². The largest absolute Gasteiger partial charge is 0.493 e. The first-order valence-electron chi connectivity index (χ1n) is 7.97. The van der Waals surface area contributed by atoms with E-state index in [1.54, 1.807) is 33.5 Å². The van der Waals surface area contributed by atoms with E-state index in [0.717, 1.165) is 23.2 Å². The van der Waals surface area contributed by atoms with Crippen LogP contribution >= 0.6 is 12.4 Å². The molecule has 0 atom stereocenters. The SMILES string of the molecule is COc1cc(CC(=O)NCCc2ccc(N)cc2)cc(OC)c1OC.Cl. The van der Waals surface area contributed by atoms with Gasteiger partial charge >= 0.3 is 0 Å². The number of amides is 1. The van der Waals surface area contributed by atoms with Gasteiger partial charge in [0.05, 0.1) is 27.8 Å². The average Bonchev–Trinajstić information content (AvgIpc) is 2.62. The highest BCUT2D eigenvalue weighted by molar-refractivity contribution is 5.85. The van der Waals surface area contributed by atoms with E-state index in [0.29, 0.717) is 23.8 Å². The van der Waals surface area contributed by atoms with Gasteiger partial charge in [0.15, 0.2) is 11.5 Å². The van der Waals surface area contributed by atoms with Crippen LogP contribution in [0, 0.1) is 0 Å². The van der Waals surface area contributed by atoms with E-state index in [1.165, 1.54) is 0 Å². The predicted molar refractivity (Wildman–Crippen MR) is 105 cm³/mol. The Morgan fingerprint density at radius 2 is 1.54 bits per heavy atom. The molecule has 0 fully saturated rings. The van der Waals surface area contributed by atoms with Crippen LogP contribution in [0.3, 0.4) is 0 Å². The van der Waals surface area contributed by atoms with Gasteiger partial charge in [-0.2, -0.15) is 0 Å². The maximum atomic E-state index is 12.2. The number of hydrogen-bond acceptors (Lipinski definition) is 5. The molecule has 1 amide bonds. The van der Waals surface area contributed by atoms with Gasteiger partial charge in [0.2, 0.25) is 11.7 Å². The number of benzene rings is 2. The predicted octanol–water partition coefficient (Wildman–Crippen LogP) is 2.62. The van der Waals surface area contributed by atoms with Crippen molar-refractivity contribution in [2.75, 3.05) is 33.6 Å². The Morgan fingerprint density at radius 1 is 0.962 bits per heavy atom. The van der Waals surface area contributed by atoms with Crippen molar-refractivity contribution >= 4 is 24.0 Å². The van der Waals surface area contributed by atoms with Gasteiger partial charge in [-0.05, 0) is 41.8 Å². The van der Waals surface area contributed by atoms with Gasteiger partial charge in [-0.25, -0.2) is 0 Å². The molecule has 0 spiro atoms. The van der Waals surface area contributed by atoms with E-state index >= 15 is 0 Å². The van der Waals surface area contributed by atoms with Crippen LogP contribution < -0.4 is 25.3 Å². The number of nitrogens with two attached hydrogens (primary N) is 1. The van der Waals surface area contributed by atoms with Crippen molar-refractivity contribution in [3.63, 3.8) is 0 Å². The van der Waals surface area contributed by atoms with Gasteiger partial charge in [-0.15, -0.1) is 12.4 Å². The Labute approximate surface area is 160 Å². The minimum Gasteiger partial charge on any atom is -0.493 e. The fraction of sp³-hybridized carbons (Fsp3) is 0.316. The van der Waals surface area contributed by atoms with Crippen LogP contribution in [0.2, 0.25) is 0 Å². The molecule has 2 rings (SSSR count). The highest BCUT2D eigenvalue weighted by Crippen LogP contribution is 2.38. The van der Waals surface area contributed by atoms with Crippen molar-refractivity contribution in [3.8, 4) is 17.2 Å². The number of methoxy groups -OCH3 is 3. The number of hydrogen-bond donors (Lipinski definition) is 2. The molecule has 0 aliphatic carbocycles. The Hall–Kier alpha value is -2.60. The lowest BCUT2D eigenvalue weighted by Gasteiger charge is -2.14. The van der Waals surface area contributed by atoms with E-state index in [4.69, 9.17) is 19.9 Å². The fourth-order valence-electron chi connectivity index (χ4n) is 2.52. The standard InChI is InChI=1S/C19H24N2O4.ClH/c1-23-16-10-14(11-17(24-2)19(16)25-3)12-18(22)21-9-8-13-4-6-15(20)7-5-13;/h4-7,10-11H,8-9,12,20H2,1-3H3,(H,21,22);1H. The van der Waals surface area contributed by atoms with E-state index in [2.05, 4.69) is 5.32 Å². The van der Waals surface area contributed by atoms with Gasteiger partial charge in [0, 0.05) is 12.2 Å². The van der Waals surface area contributed by atoms with Crippen molar-refractivity contribution in [3.05, 3.63) is 47.5 Å². The molecule has 0 saturated heterocycles. The number of halogens is 1. The molecule has 0 saturated carbocycles. The molecule has 0 radical (unpaired) electrons. The van der Waals surface area contributed by atoms with Crippen LogP contribution in [-0.4, -0.2) is 33.8 Å². The lowest BCUT2D eigenvalue weighted by Crippen LogP contribution is -2.27. The third kappa shape index (κ3) is 5.74. The first kappa shape index (κ1) is 21.4. The molecule has 0 bridgehead atoms. The third-order valence-electron chi connectivity index (χ3n) is 3.80. The van der Waals surface area contributed by atoms with Gasteiger partial charge in [-0.3, -0.25) is 4.79 Å². The molecular formula is C19H25ClN2O4. The quantitative estimate of drug-likeness (QED) is 0.688. The number of carbonyl (C=O) groups is 1. The highest BCUT2D eigenvalue weighted by atomic mass is 35.5. The smallest absolute Gasteiger partial charge is 0.224 e. The maximum absolute atomic E-state index is 12.2. The zero-order valence-electron chi connectivity index (χ0n) is 15.2. The van der Waals surface area contributed by atoms with Crippen LogP contribution in [0.1, 0.15) is 11.1 Å². The van der Waals surface area contributed by atoms with Crippen LogP contribution in [0.15, 0.2) is 36.4 Å². The van der Waals surface area contributed by atoms with Crippen LogP contribution in [0.5, 0.6) is 17.2 Å². The number of carbonyl (C=O) groups excluding carboxylic acids is 1. The number of nitrogens with one attached hydrogen (secondary N) is 1. The van der Waals surface area contributed by atoms with Crippen molar-refractivity contribution < 1.29 is 19.0 Å². The Kier molecular flexibility index (Phi) is 8.58. The number of ether oxygens (including phenoxy) is 3. The zero-order valence-corrected chi connectivity index (χ0v) is 16.0. The number of nitrogen functional groups attached to an aromatic ring is 1. The second-order valence-corrected chi connectivity index (χ2v) is 5.55. The molecule has 0 aliphatic heterocycles. The van der Waals surface area contributed by atoms with Gasteiger partial charge in [0.1, 0.15) is 0 Å². The Bertz CT molecular complexity index is 695. The Morgan fingerprint density at radius 3 is 2.04 bits per heavy atom. The molecule has 0 unspecified atom stereocenters. The molecular weight excluding hydrogens is 356 g/mol. The fourth-order valence-corrected chi connectivity index (χ4v) is 2.52.